The quantitative estimate of drug-likeness (QED) is 0.763. The number of aryl methyl sites for hydroxylation is 1. The highest BCUT2D eigenvalue weighted by molar-refractivity contribution is 7.94. The molecule has 0 saturated carbocycles. The number of thiophene rings is 1. The summed E-state index contributed by atoms with van der Waals surface area (Å²) in [6.07, 6.45) is 2.39. The zero-order chi connectivity index (χ0) is 14.6. The van der Waals surface area contributed by atoms with E-state index in [0.717, 1.165) is 17.7 Å². The van der Waals surface area contributed by atoms with Crippen LogP contribution in [-0.4, -0.2) is 15.0 Å². The average Bonchev–Trinajstić information content (AvgIpc) is 2.99. The Balaban J connectivity index is 2.54. The minimum Gasteiger partial charge on any atom is -0.262 e. The molecule has 0 aliphatic rings. The maximum Gasteiger partial charge on any atom is 0.274 e. The first-order valence-corrected chi connectivity index (χ1v) is 8.68. The molecule has 1 aromatic heterocycles. The normalized spacial score (nSPS) is 11.2. The van der Waals surface area contributed by atoms with Crippen LogP contribution in [0.2, 0.25) is 0 Å². The third-order valence-electron chi connectivity index (χ3n) is 2.98. The van der Waals surface area contributed by atoms with Crippen LogP contribution in [0.1, 0.15) is 12.5 Å². The van der Waals surface area contributed by atoms with E-state index < -0.39 is 10.0 Å². The number of sulfonamides is 1. The summed E-state index contributed by atoms with van der Waals surface area (Å²) >= 11 is 1.23. The lowest BCUT2D eigenvalue weighted by atomic mass is 10.1. The number of hydrogen-bond acceptors (Lipinski definition) is 3. The summed E-state index contributed by atoms with van der Waals surface area (Å²) in [6, 6.07) is 10.9. The number of hydrogen-bond donors (Lipinski definition) is 0. The lowest BCUT2D eigenvalue weighted by Gasteiger charge is -2.24. The minimum atomic E-state index is -3.52. The van der Waals surface area contributed by atoms with E-state index in [1.165, 1.54) is 15.6 Å². The number of para-hydroxylation sites is 1. The van der Waals surface area contributed by atoms with Gasteiger partial charge in [0.05, 0.1) is 12.2 Å². The van der Waals surface area contributed by atoms with Crippen molar-refractivity contribution in [1.82, 2.24) is 0 Å². The molecule has 1 aromatic carbocycles. The van der Waals surface area contributed by atoms with Gasteiger partial charge in [0.25, 0.3) is 10.0 Å². The van der Waals surface area contributed by atoms with Crippen molar-refractivity contribution in [3.63, 3.8) is 0 Å². The molecule has 0 N–H and O–H groups in total. The highest BCUT2D eigenvalue weighted by Gasteiger charge is 2.26. The van der Waals surface area contributed by atoms with E-state index in [0.29, 0.717) is 4.21 Å². The van der Waals surface area contributed by atoms with Crippen LogP contribution in [0.3, 0.4) is 0 Å². The number of anilines is 1. The molecule has 1 heterocycles. The first kappa shape index (κ1) is 14.8. The van der Waals surface area contributed by atoms with Gasteiger partial charge in [-0.25, -0.2) is 8.42 Å². The van der Waals surface area contributed by atoms with E-state index in [2.05, 4.69) is 6.58 Å². The minimum absolute atomic E-state index is 0.261. The predicted molar refractivity (Wildman–Crippen MR) is 84.9 cm³/mol. The van der Waals surface area contributed by atoms with Gasteiger partial charge in [-0.1, -0.05) is 37.3 Å². The van der Waals surface area contributed by atoms with Crippen LogP contribution in [0, 0.1) is 0 Å². The van der Waals surface area contributed by atoms with Gasteiger partial charge in [-0.2, -0.15) is 0 Å². The predicted octanol–water partition coefficient (Wildman–Crippen LogP) is 3.69. The summed E-state index contributed by atoms with van der Waals surface area (Å²) in [6.45, 7) is 5.95. The first-order chi connectivity index (χ1) is 9.61. The van der Waals surface area contributed by atoms with Crippen LogP contribution >= 0.6 is 11.3 Å². The van der Waals surface area contributed by atoms with Crippen LogP contribution in [-0.2, 0) is 16.4 Å². The highest BCUT2D eigenvalue weighted by Crippen LogP contribution is 2.29. The Bertz CT molecular complexity index is 676. The zero-order valence-electron chi connectivity index (χ0n) is 11.3. The molecule has 0 aliphatic carbocycles. The van der Waals surface area contributed by atoms with Crippen LogP contribution in [0.5, 0.6) is 0 Å². The van der Waals surface area contributed by atoms with Crippen molar-refractivity contribution >= 4 is 27.0 Å². The molecule has 0 spiro atoms. The SMILES string of the molecule is C=CCN(c1ccccc1CC)S(=O)(=O)c1cccs1. The topological polar surface area (TPSA) is 37.4 Å². The molecule has 20 heavy (non-hydrogen) atoms. The Hall–Kier alpha value is -1.59. The smallest absolute Gasteiger partial charge is 0.262 e. The molecule has 2 rings (SSSR count). The largest absolute Gasteiger partial charge is 0.274 e. The molecule has 0 fully saturated rings. The Kier molecular flexibility index (Phi) is 4.62. The van der Waals surface area contributed by atoms with E-state index in [9.17, 15) is 8.42 Å². The fraction of sp³-hybridized carbons (Fsp3) is 0.200. The standard InChI is InChI=1S/C15H17NO2S2/c1-3-11-16(14-9-6-5-8-13(14)4-2)20(17,18)15-10-7-12-19-15/h3,5-10,12H,1,4,11H2,2H3. The molecular formula is C15H17NO2S2. The van der Waals surface area contributed by atoms with Gasteiger partial charge in [0.1, 0.15) is 4.21 Å². The Morgan fingerprint density at radius 2 is 2.00 bits per heavy atom. The van der Waals surface area contributed by atoms with Gasteiger partial charge in [-0.05, 0) is 29.5 Å². The van der Waals surface area contributed by atoms with E-state index in [-0.39, 0.29) is 6.54 Å². The number of rotatable bonds is 6. The van der Waals surface area contributed by atoms with Gasteiger partial charge in [-0.15, -0.1) is 17.9 Å². The molecule has 0 amide bonds. The lowest BCUT2D eigenvalue weighted by molar-refractivity contribution is 0.594. The van der Waals surface area contributed by atoms with Crippen LogP contribution in [0.4, 0.5) is 5.69 Å². The van der Waals surface area contributed by atoms with Crippen molar-refractivity contribution in [3.05, 3.63) is 60.0 Å². The van der Waals surface area contributed by atoms with E-state index in [1.54, 1.807) is 23.6 Å². The molecule has 0 atom stereocenters. The molecule has 0 unspecified atom stereocenters. The third kappa shape index (κ3) is 2.78. The van der Waals surface area contributed by atoms with Crippen LogP contribution in [0.15, 0.2) is 58.6 Å². The van der Waals surface area contributed by atoms with Gasteiger partial charge in [0, 0.05) is 0 Å². The van der Waals surface area contributed by atoms with Gasteiger partial charge >= 0.3 is 0 Å². The zero-order valence-corrected chi connectivity index (χ0v) is 13.0. The van der Waals surface area contributed by atoms with Crippen LogP contribution < -0.4 is 4.31 Å². The van der Waals surface area contributed by atoms with Crippen molar-refractivity contribution in [1.29, 1.82) is 0 Å². The van der Waals surface area contributed by atoms with Crippen molar-refractivity contribution in [2.24, 2.45) is 0 Å². The average molecular weight is 307 g/mol. The molecule has 5 heteroatoms. The fourth-order valence-corrected chi connectivity index (χ4v) is 4.59. The number of benzene rings is 1. The maximum absolute atomic E-state index is 12.7. The van der Waals surface area contributed by atoms with Crippen LogP contribution in [0.25, 0.3) is 0 Å². The summed E-state index contributed by atoms with van der Waals surface area (Å²) in [4.78, 5) is 0. The Labute approximate surface area is 124 Å². The second-order valence-electron chi connectivity index (χ2n) is 4.24. The lowest BCUT2D eigenvalue weighted by Crippen LogP contribution is -2.31. The van der Waals surface area contributed by atoms with Crippen molar-refractivity contribution in [2.75, 3.05) is 10.8 Å². The fourth-order valence-electron chi connectivity index (χ4n) is 2.02. The molecule has 2 aromatic rings. The van der Waals surface area contributed by atoms with Gasteiger partial charge < -0.3 is 0 Å². The maximum atomic E-state index is 12.7. The first-order valence-electron chi connectivity index (χ1n) is 6.36. The highest BCUT2D eigenvalue weighted by atomic mass is 32.2. The number of nitrogens with zero attached hydrogens (tertiary/aromatic N) is 1. The monoisotopic (exact) mass is 307 g/mol. The van der Waals surface area contributed by atoms with Gasteiger partial charge in [-0.3, -0.25) is 4.31 Å². The second kappa shape index (κ2) is 6.24. The summed E-state index contributed by atoms with van der Waals surface area (Å²) in [5, 5.41) is 1.77. The van der Waals surface area contributed by atoms with E-state index >= 15 is 0 Å². The molecule has 0 bridgehead atoms. The van der Waals surface area contributed by atoms with E-state index in [1.807, 2.05) is 31.2 Å². The molecule has 106 valence electrons. The Morgan fingerprint density at radius 1 is 1.25 bits per heavy atom. The Morgan fingerprint density at radius 3 is 2.60 bits per heavy atom. The third-order valence-corrected chi connectivity index (χ3v) is 6.13. The molecular weight excluding hydrogens is 290 g/mol. The van der Waals surface area contributed by atoms with Crippen molar-refractivity contribution < 1.29 is 8.42 Å². The van der Waals surface area contributed by atoms with Crippen molar-refractivity contribution in [3.8, 4) is 0 Å². The summed E-state index contributed by atoms with van der Waals surface area (Å²) in [5.41, 5.74) is 1.73. The summed E-state index contributed by atoms with van der Waals surface area (Å²) in [7, 11) is -3.52. The molecule has 3 nitrogen and oxygen atoms in total. The second-order valence-corrected chi connectivity index (χ2v) is 7.28. The summed E-state index contributed by atoms with van der Waals surface area (Å²) in [5.74, 6) is 0. The molecule has 0 aliphatic heterocycles. The van der Waals surface area contributed by atoms with Gasteiger partial charge in [0.2, 0.25) is 0 Å². The van der Waals surface area contributed by atoms with Crippen molar-refractivity contribution in [2.45, 2.75) is 17.6 Å². The summed E-state index contributed by atoms with van der Waals surface area (Å²) < 4.78 is 27.3. The molecule has 0 saturated heterocycles. The molecule has 0 radical (unpaired) electrons. The van der Waals surface area contributed by atoms with E-state index in [4.69, 9.17) is 0 Å². The van der Waals surface area contributed by atoms with Gasteiger partial charge in [0.15, 0.2) is 0 Å².